The van der Waals surface area contributed by atoms with Crippen molar-refractivity contribution in [2.24, 2.45) is 5.41 Å². The minimum absolute atomic E-state index is 0.0943. The predicted molar refractivity (Wildman–Crippen MR) is 92.6 cm³/mol. The number of H-pyrrole nitrogens is 1. The third-order valence-electron chi connectivity index (χ3n) is 5.46. The molecular weight excluding hydrogens is 304 g/mol. The molecule has 0 unspecified atom stereocenters. The number of piperidine rings is 2. The quantitative estimate of drug-likeness (QED) is 0.808. The molecule has 2 fully saturated rings. The number of carboxylic acids is 1. The van der Waals surface area contributed by atoms with Crippen LogP contribution in [0.15, 0.2) is 24.0 Å². The molecule has 2 aliphatic heterocycles. The lowest BCUT2D eigenvalue weighted by Gasteiger charge is -2.52. The van der Waals surface area contributed by atoms with E-state index in [-0.39, 0.29) is 6.04 Å². The van der Waals surface area contributed by atoms with Gasteiger partial charge in [-0.05, 0) is 39.7 Å². The number of fused-ring (bicyclic) bond motifs is 1. The first-order valence-corrected chi connectivity index (χ1v) is 8.83. The normalized spacial score (nSPS) is 28.3. The van der Waals surface area contributed by atoms with Crippen LogP contribution in [0.5, 0.6) is 0 Å². The lowest BCUT2D eigenvalue weighted by atomic mass is 9.69. The Morgan fingerprint density at radius 1 is 1.50 bits per heavy atom. The van der Waals surface area contributed by atoms with Gasteiger partial charge in [-0.2, -0.15) is 0 Å². The number of hydrogen-bond acceptors (Lipinski definition) is 4. The average Bonchev–Trinajstić information content (AvgIpc) is 3.05. The Labute approximate surface area is 143 Å². The highest BCUT2D eigenvalue weighted by molar-refractivity contribution is 5.76. The summed E-state index contributed by atoms with van der Waals surface area (Å²) in [4.78, 5) is 24.3. The zero-order chi connectivity index (χ0) is 17.2. The zero-order valence-electron chi connectivity index (χ0n) is 14.7. The van der Waals surface area contributed by atoms with Crippen molar-refractivity contribution in [2.45, 2.75) is 45.7 Å². The first-order valence-electron chi connectivity index (χ1n) is 8.83. The molecule has 0 spiro atoms. The number of carbonyl (C=O) groups is 1. The van der Waals surface area contributed by atoms with Gasteiger partial charge in [-0.25, -0.2) is 4.98 Å². The highest BCUT2D eigenvalue weighted by Gasteiger charge is 2.53. The van der Waals surface area contributed by atoms with Crippen LogP contribution >= 0.6 is 0 Å². The number of aromatic nitrogens is 2. The summed E-state index contributed by atoms with van der Waals surface area (Å²) in [6.07, 6.45) is 8.38. The number of nitrogens with zero attached hydrogens (tertiary/aromatic N) is 3. The Hall–Kier alpha value is -1.66. The molecule has 2 N–H and O–H groups in total. The van der Waals surface area contributed by atoms with Crippen LogP contribution in [0.25, 0.3) is 0 Å². The van der Waals surface area contributed by atoms with Crippen LogP contribution in [0.3, 0.4) is 0 Å². The molecule has 6 heteroatoms. The first kappa shape index (κ1) is 17.2. The molecule has 132 valence electrons. The molecular formula is C18H28N4O2. The monoisotopic (exact) mass is 332 g/mol. The highest BCUT2D eigenvalue weighted by atomic mass is 16.4. The van der Waals surface area contributed by atoms with Gasteiger partial charge in [-0.3, -0.25) is 14.6 Å². The summed E-state index contributed by atoms with van der Waals surface area (Å²) in [5.74, 6) is 0.279. The number of aliphatic carboxylic acids is 1. The zero-order valence-corrected chi connectivity index (χ0v) is 14.7. The minimum atomic E-state index is -0.654. The van der Waals surface area contributed by atoms with E-state index in [2.05, 4.69) is 39.7 Å². The maximum Gasteiger partial charge on any atom is 0.312 e. The van der Waals surface area contributed by atoms with Crippen LogP contribution in [0.1, 0.15) is 38.9 Å². The molecule has 0 amide bonds. The fourth-order valence-electron chi connectivity index (χ4n) is 4.25. The van der Waals surface area contributed by atoms with Crippen LogP contribution in [0.4, 0.5) is 0 Å². The number of allylic oxidation sites excluding steroid dienone is 1. The predicted octanol–water partition coefficient (Wildman–Crippen LogP) is 2.12. The van der Waals surface area contributed by atoms with Gasteiger partial charge >= 0.3 is 5.97 Å². The summed E-state index contributed by atoms with van der Waals surface area (Å²) in [6, 6.07) is 0.0943. The van der Waals surface area contributed by atoms with Crippen LogP contribution in [0.2, 0.25) is 0 Å². The Morgan fingerprint density at radius 3 is 3.00 bits per heavy atom. The van der Waals surface area contributed by atoms with Crippen molar-refractivity contribution in [3.8, 4) is 0 Å². The SMILES string of the molecule is CC(C)=CCN1CC[C@H]2N(Cc3ncc[nH]3)CCC[C@]2(C(=O)O)C1. The number of imidazole rings is 1. The number of nitrogens with one attached hydrogen (secondary N) is 1. The average molecular weight is 332 g/mol. The summed E-state index contributed by atoms with van der Waals surface area (Å²) >= 11 is 0. The fraction of sp³-hybridized carbons (Fsp3) is 0.667. The third-order valence-corrected chi connectivity index (χ3v) is 5.46. The number of likely N-dealkylation sites (tertiary alicyclic amines) is 2. The van der Waals surface area contributed by atoms with Crippen LogP contribution in [-0.4, -0.2) is 63.1 Å². The Kier molecular flexibility index (Phi) is 5.06. The molecule has 0 aliphatic carbocycles. The van der Waals surface area contributed by atoms with E-state index in [1.165, 1.54) is 5.57 Å². The number of hydrogen-bond donors (Lipinski definition) is 2. The van der Waals surface area contributed by atoms with E-state index in [1.807, 2.05) is 6.20 Å². The Bertz CT molecular complexity index is 594. The van der Waals surface area contributed by atoms with Gasteiger partial charge in [0.15, 0.2) is 0 Å². The number of rotatable bonds is 5. The lowest BCUT2D eigenvalue weighted by molar-refractivity contribution is -0.164. The molecule has 3 heterocycles. The van der Waals surface area contributed by atoms with E-state index in [0.717, 1.165) is 44.7 Å². The molecule has 0 aromatic carbocycles. The fourth-order valence-corrected chi connectivity index (χ4v) is 4.25. The van der Waals surface area contributed by atoms with Gasteiger partial charge < -0.3 is 10.1 Å². The molecule has 0 radical (unpaired) electrons. The van der Waals surface area contributed by atoms with Gasteiger partial charge in [0.05, 0.1) is 12.0 Å². The second-order valence-electron chi connectivity index (χ2n) is 7.39. The second kappa shape index (κ2) is 7.07. The summed E-state index contributed by atoms with van der Waals surface area (Å²) < 4.78 is 0. The van der Waals surface area contributed by atoms with E-state index in [0.29, 0.717) is 13.1 Å². The van der Waals surface area contributed by atoms with Crippen molar-refractivity contribution in [1.29, 1.82) is 0 Å². The molecule has 2 atom stereocenters. The van der Waals surface area contributed by atoms with Crippen LogP contribution < -0.4 is 0 Å². The summed E-state index contributed by atoms with van der Waals surface area (Å²) in [5.41, 5.74) is 0.628. The van der Waals surface area contributed by atoms with Crippen molar-refractivity contribution >= 4 is 5.97 Å². The Morgan fingerprint density at radius 2 is 2.33 bits per heavy atom. The van der Waals surface area contributed by atoms with E-state index in [9.17, 15) is 9.90 Å². The maximum absolute atomic E-state index is 12.3. The van der Waals surface area contributed by atoms with Gasteiger partial charge in [0.25, 0.3) is 0 Å². The van der Waals surface area contributed by atoms with E-state index in [4.69, 9.17) is 0 Å². The van der Waals surface area contributed by atoms with Gasteiger partial charge in [-0.15, -0.1) is 0 Å². The molecule has 6 nitrogen and oxygen atoms in total. The standard InChI is InChI=1S/C18H28N4O2/c1-14(2)4-10-21-11-5-15-18(13-21,17(23)24)6-3-9-22(15)12-16-19-7-8-20-16/h4,7-8,15H,3,5-6,9-13H2,1-2H3,(H,19,20)(H,23,24)/t15-,18+/m1/s1. The summed E-state index contributed by atoms with van der Waals surface area (Å²) in [5, 5.41) is 10.1. The molecule has 0 bridgehead atoms. The van der Waals surface area contributed by atoms with Gasteiger partial charge in [0.1, 0.15) is 5.82 Å². The minimum Gasteiger partial charge on any atom is -0.481 e. The lowest BCUT2D eigenvalue weighted by Crippen LogP contribution is -2.63. The molecule has 3 rings (SSSR count). The maximum atomic E-state index is 12.3. The van der Waals surface area contributed by atoms with Crippen molar-refractivity contribution in [1.82, 2.24) is 19.8 Å². The van der Waals surface area contributed by atoms with Gasteiger partial charge in [-0.1, -0.05) is 11.6 Å². The van der Waals surface area contributed by atoms with Crippen LogP contribution in [-0.2, 0) is 11.3 Å². The molecule has 1 aromatic rings. The molecule has 2 aliphatic rings. The van der Waals surface area contributed by atoms with Crippen molar-refractivity contribution in [3.63, 3.8) is 0 Å². The van der Waals surface area contributed by atoms with E-state index < -0.39 is 11.4 Å². The molecule has 1 aromatic heterocycles. The van der Waals surface area contributed by atoms with Gasteiger partial charge in [0, 0.05) is 38.1 Å². The third kappa shape index (κ3) is 3.39. The van der Waals surface area contributed by atoms with E-state index in [1.54, 1.807) is 6.20 Å². The molecule has 2 saturated heterocycles. The van der Waals surface area contributed by atoms with Crippen LogP contribution in [0, 0.1) is 5.41 Å². The topological polar surface area (TPSA) is 72.5 Å². The molecule has 0 saturated carbocycles. The molecule has 24 heavy (non-hydrogen) atoms. The smallest absolute Gasteiger partial charge is 0.312 e. The highest BCUT2D eigenvalue weighted by Crippen LogP contribution is 2.42. The first-order chi connectivity index (χ1) is 11.5. The number of aromatic amines is 1. The van der Waals surface area contributed by atoms with E-state index >= 15 is 0 Å². The van der Waals surface area contributed by atoms with Crippen molar-refractivity contribution in [3.05, 3.63) is 29.9 Å². The van der Waals surface area contributed by atoms with Crippen molar-refractivity contribution < 1.29 is 9.90 Å². The summed E-state index contributed by atoms with van der Waals surface area (Å²) in [6.45, 7) is 8.29. The van der Waals surface area contributed by atoms with Gasteiger partial charge in [0.2, 0.25) is 0 Å². The Balaban J connectivity index is 1.78. The number of carboxylic acid groups (broad SMARTS) is 1. The summed E-state index contributed by atoms with van der Waals surface area (Å²) in [7, 11) is 0. The van der Waals surface area contributed by atoms with Crippen molar-refractivity contribution in [2.75, 3.05) is 26.2 Å². The second-order valence-corrected chi connectivity index (χ2v) is 7.39. The largest absolute Gasteiger partial charge is 0.481 e.